The molecule has 1 fully saturated rings. The number of hydrogen-bond acceptors (Lipinski definition) is 2. The molecule has 1 aliphatic rings. The maximum absolute atomic E-state index is 3.66. The predicted molar refractivity (Wildman–Crippen MR) is 80.7 cm³/mol. The third kappa shape index (κ3) is 3.81. The van der Waals surface area contributed by atoms with Gasteiger partial charge in [0.15, 0.2) is 0 Å². The van der Waals surface area contributed by atoms with E-state index in [1.54, 1.807) is 0 Å². The standard InChI is InChI=1S/C15H23BrN2/c1-2-10-18(14-7-5-9-17-11-14)12-13-6-3-4-8-15(13)16/h3-4,6,8,14,17H,2,5,7,9-12H2,1H3. The Hall–Kier alpha value is -0.380. The van der Waals surface area contributed by atoms with Crippen LogP contribution in [0.5, 0.6) is 0 Å². The van der Waals surface area contributed by atoms with Crippen LogP contribution in [0.4, 0.5) is 0 Å². The van der Waals surface area contributed by atoms with E-state index in [2.05, 4.69) is 57.3 Å². The lowest BCUT2D eigenvalue weighted by Gasteiger charge is -2.34. The zero-order chi connectivity index (χ0) is 12.8. The average molecular weight is 311 g/mol. The van der Waals surface area contributed by atoms with Crippen LogP contribution >= 0.6 is 15.9 Å². The zero-order valence-corrected chi connectivity index (χ0v) is 12.7. The SMILES string of the molecule is CCCN(Cc1ccccc1Br)C1CCCNC1. The topological polar surface area (TPSA) is 15.3 Å². The first-order valence-electron chi connectivity index (χ1n) is 6.99. The van der Waals surface area contributed by atoms with E-state index in [-0.39, 0.29) is 0 Å². The Morgan fingerprint density at radius 1 is 1.39 bits per heavy atom. The molecule has 1 heterocycles. The van der Waals surface area contributed by atoms with Gasteiger partial charge in [-0.05, 0) is 44.0 Å². The van der Waals surface area contributed by atoms with E-state index in [0.717, 1.165) is 13.1 Å². The van der Waals surface area contributed by atoms with Crippen molar-refractivity contribution in [3.05, 3.63) is 34.3 Å². The lowest BCUT2D eigenvalue weighted by Crippen LogP contribution is -2.45. The second-order valence-corrected chi connectivity index (χ2v) is 5.92. The lowest BCUT2D eigenvalue weighted by molar-refractivity contribution is 0.157. The molecule has 2 rings (SSSR count). The summed E-state index contributed by atoms with van der Waals surface area (Å²) in [6.07, 6.45) is 3.86. The van der Waals surface area contributed by atoms with Gasteiger partial charge in [0.1, 0.15) is 0 Å². The maximum Gasteiger partial charge on any atom is 0.0248 e. The van der Waals surface area contributed by atoms with Gasteiger partial charge in [0.2, 0.25) is 0 Å². The molecule has 0 radical (unpaired) electrons. The van der Waals surface area contributed by atoms with Gasteiger partial charge in [-0.2, -0.15) is 0 Å². The maximum atomic E-state index is 3.66. The summed E-state index contributed by atoms with van der Waals surface area (Å²) in [4.78, 5) is 2.63. The number of rotatable bonds is 5. The summed E-state index contributed by atoms with van der Waals surface area (Å²) in [5.74, 6) is 0. The first kappa shape index (κ1) is 14.0. The molecule has 3 heteroatoms. The Morgan fingerprint density at radius 2 is 2.22 bits per heavy atom. The van der Waals surface area contributed by atoms with Crippen LogP contribution in [-0.2, 0) is 6.54 Å². The van der Waals surface area contributed by atoms with Crippen LogP contribution in [0.2, 0.25) is 0 Å². The normalized spacial score (nSPS) is 20.3. The highest BCUT2D eigenvalue weighted by atomic mass is 79.9. The van der Waals surface area contributed by atoms with Crippen LogP contribution in [-0.4, -0.2) is 30.6 Å². The molecule has 1 aliphatic heterocycles. The summed E-state index contributed by atoms with van der Waals surface area (Å²) < 4.78 is 1.23. The second kappa shape index (κ2) is 7.27. The van der Waals surface area contributed by atoms with Crippen LogP contribution in [0, 0.1) is 0 Å². The van der Waals surface area contributed by atoms with Gasteiger partial charge in [-0.3, -0.25) is 4.90 Å². The Morgan fingerprint density at radius 3 is 2.89 bits per heavy atom. The summed E-state index contributed by atoms with van der Waals surface area (Å²) in [6.45, 7) is 6.84. The van der Waals surface area contributed by atoms with Gasteiger partial charge >= 0.3 is 0 Å². The Balaban J connectivity index is 2.03. The molecule has 0 amide bonds. The Kier molecular flexibility index (Phi) is 5.67. The molecule has 1 aromatic carbocycles. The molecule has 1 N–H and O–H groups in total. The number of hydrogen-bond donors (Lipinski definition) is 1. The highest BCUT2D eigenvalue weighted by Crippen LogP contribution is 2.20. The van der Waals surface area contributed by atoms with Crippen molar-refractivity contribution in [2.45, 2.75) is 38.8 Å². The van der Waals surface area contributed by atoms with Crippen molar-refractivity contribution in [3.63, 3.8) is 0 Å². The van der Waals surface area contributed by atoms with Crippen molar-refractivity contribution < 1.29 is 0 Å². The molecule has 1 atom stereocenters. The van der Waals surface area contributed by atoms with Crippen molar-refractivity contribution in [3.8, 4) is 0 Å². The van der Waals surface area contributed by atoms with E-state index >= 15 is 0 Å². The van der Waals surface area contributed by atoms with Crippen LogP contribution in [0.1, 0.15) is 31.7 Å². The summed E-state index contributed by atoms with van der Waals surface area (Å²) >= 11 is 3.66. The molecule has 0 aliphatic carbocycles. The monoisotopic (exact) mass is 310 g/mol. The van der Waals surface area contributed by atoms with E-state index in [1.165, 1.54) is 42.4 Å². The van der Waals surface area contributed by atoms with Crippen molar-refractivity contribution in [2.24, 2.45) is 0 Å². The van der Waals surface area contributed by atoms with Gasteiger partial charge in [0, 0.05) is 23.6 Å². The highest BCUT2D eigenvalue weighted by Gasteiger charge is 2.20. The van der Waals surface area contributed by atoms with Crippen molar-refractivity contribution in [1.29, 1.82) is 0 Å². The number of halogens is 1. The van der Waals surface area contributed by atoms with E-state index in [0.29, 0.717) is 6.04 Å². The van der Waals surface area contributed by atoms with Crippen molar-refractivity contribution in [1.82, 2.24) is 10.2 Å². The van der Waals surface area contributed by atoms with Gasteiger partial charge in [-0.15, -0.1) is 0 Å². The summed E-state index contributed by atoms with van der Waals surface area (Å²) in [5, 5.41) is 3.52. The molecule has 18 heavy (non-hydrogen) atoms. The molecule has 100 valence electrons. The van der Waals surface area contributed by atoms with Crippen molar-refractivity contribution in [2.75, 3.05) is 19.6 Å². The van der Waals surface area contributed by atoms with Crippen LogP contribution in [0.25, 0.3) is 0 Å². The smallest absolute Gasteiger partial charge is 0.0248 e. The molecule has 0 spiro atoms. The fraction of sp³-hybridized carbons (Fsp3) is 0.600. The lowest BCUT2D eigenvalue weighted by atomic mass is 10.0. The van der Waals surface area contributed by atoms with Crippen LogP contribution in [0.15, 0.2) is 28.7 Å². The summed E-state index contributed by atoms with van der Waals surface area (Å²) in [7, 11) is 0. The quantitative estimate of drug-likeness (QED) is 0.896. The minimum Gasteiger partial charge on any atom is -0.315 e. The Bertz CT molecular complexity index is 361. The summed E-state index contributed by atoms with van der Waals surface area (Å²) in [6, 6.07) is 9.27. The van der Waals surface area contributed by atoms with Gasteiger partial charge in [0.05, 0.1) is 0 Å². The van der Waals surface area contributed by atoms with Gasteiger partial charge in [-0.1, -0.05) is 41.1 Å². The molecule has 0 bridgehead atoms. The molecule has 1 saturated heterocycles. The number of nitrogens with one attached hydrogen (secondary N) is 1. The zero-order valence-electron chi connectivity index (χ0n) is 11.2. The molecule has 0 saturated carbocycles. The average Bonchev–Trinajstić information content (AvgIpc) is 2.42. The van der Waals surface area contributed by atoms with Gasteiger partial charge in [0.25, 0.3) is 0 Å². The first-order valence-corrected chi connectivity index (χ1v) is 7.78. The highest BCUT2D eigenvalue weighted by molar-refractivity contribution is 9.10. The number of piperidine rings is 1. The minimum atomic E-state index is 0.700. The van der Waals surface area contributed by atoms with Crippen molar-refractivity contribution >= 4 is 15.9 Å². The summed E-state index contributed by atoms with van der Waals surface area (Å²) in [5.41, 5.74) is 1.40. The van der Waals surface area contributed by atoms with Gasteiger partial charge < -0.3 is 5.32 Å². The number of nitrogens with zero attached hydrogens (tertiary/aromatic N) is 1. The molecular formula is C15H23BrN2. The predicted octanol–water partition coefficient (Wildman–Crippen LogP) is 3.41. The van der Waals surface area contributed by atoms with E-state index in [9.17, 15) is 0 Å². The molecular weight excluding hydrogens is 288 g/mol. The largest absolute Gasteiger partial charge is 0.315 e. The van der Waals surface area contributed by atoms with Gasteiger partial charge in [-0.25, -0.2) is 0 Å². The molecule has 1 unspecified atom stereocenters. The Labute approximate surface area is 119 Å². The van der Waals surface area contributed by atoms with E-state index in [4.69, 9.17) is 0 Å². The minimum absolute atomic E-state index is 0.700. The van der Waals surface area contributed by atoms with E-state index in [1.807, 2.05) is 0 Å². The first-order chi connectivity index (χ1) is 8.81. The second-order valence-electron chi connectivity index (χ2n) is 5.06. The van der Waals surface area contributed by atoms with E-state index < -0.39 is 0 Å². The molecule has 1 aromatic rings. The number of benzene rings is 1. The third-order valence-electron chi connectivity index (χ3n) is 3.63. The van der Waals surface area contributed by atoms with Crippen LogP contribution < -0.4 is 5.32 Å². The fourth-order valence-electron chi connectivity index (χ4n) is 2.67. The fourth-order valence-corrected chi connectivity index (χ4v) is 3.08. The molecule has 0 aromatic heterocycles. The molecule has 2 nitrogen and oxygen atoms in total. The third-order valence-corrected chi connectivity index (χ3v) is 4.40. The van der Waals surface area contributed by atoms with Crippen LogP contribution in [0.3, 0.4) is 0 Å².